The van der Waals surface area contributed by atoms with E-state index in [1.807, 2.05) is 6.07 Å². The summed E-state index contributed by atoms with van der Waals surface area (Å²) in [6, 6.07) is 6.56. The number of methoxy groups -OCH3 is 2. The molecule has 1 aromatic carbocycles. The van der Waals surface area contributed by atoms with Crippen molar-refractivity contribution in [2.75, 3.05) is 34.0 Å². The summed E-state index contributed by atoms with van der Waals surface area (Å²) in [7, 11) is 3.39. The van der Waals surface area contributed by atoms with Crippen molar-refractivity contribution in [2.24, 2.45) is 0 Å². The van der Waals surface area contributed by atoms with Crippen molar-refractivity contribution in [3.05, 3.63) is 29.3 Å². The third-order valence-electron chi connectivity index (χ3n) is 3.37. The van der Waals surface area contributed by atoms with E-state index in [1.165, 1.54) is 5.56 Å². The second-order valence-electron chi connectivity index (χ2n) is 5.15. The molecule has 21 heavy (non-hydrogen) atoms. The van der Waals surface area contributed by atoms with Gasteiger partial charge in [-0.2, -0.15) is 0 Å². The third kappa shape index (κ3) is 6.46. The van der Waals surface area contributed by atoms with Gasteiger partial charge >= 0.3 is 0 Å². The van der Waals surface area contributed by atoms with Crippen LogP contribution in [0.1, 0.15) is 43.9 Å². The van der Waals surface area contributed by atoms with Crippen LogP contribution < -0.4 is 10.1 Å². The fourth-order valence-electron chi connectivity index (χ4n) is 2.19. The van der Waals surface area contributed by atoms with Crippen LogP contribution in [0.25, 0.3) is 0 Å². The molecule has 0 aromatic heterocycles. The van der Waals surface area contributed by atoms with Crippen LogP contribution in [0.2, 0.25) is 0 Å². The first-order valence-corrected chi connectivity index (χ1v) is 7.69. The van der Waals surface area contributed by atoms with Crippen LogP contribution in [-0.4, -0.2) is 34.0 Å². The van der Waals surface area contributed by atoms with E-state index in [1.54, 1.807) is 14.2 Å². The van der Waals surface area contributed by atoms with E-state index in [0.29, 0.717) is 12.6 Å². The molecule has 0 aliphatic carbocycles. The molecule has 1 rings (SSSR count). The predicted molar refractivity (Wildman–Crippen MR) is 85.9 cm³/mol. The topological polar surface area (TPSA) is 39.7 Å². The highest BCUT2D eigenvalue weighted by molar-refractivity contribution is 5.38. The molecular weight excluding hydrogens is 266 g/mol. The van der Waals surface area contributed by atoms with Crippen LogP contribution in [0.15, 0.2) is 18.2 Å². The van der Waals surface area contributed by atoms with E-state index in [0.717, 1.165) is 43.9 Å². The van der Waals surface area contributed by atoms with Crippen molar-refractivity contribution >= 4 is 0 Å². The van der Waals surface area contributed by atoms with E-state index in [2.05, 4.69) is 31.3 Å². The molecule has 0 heterocycles. The van der Waals surface area contributed by atoms with E-state index in [4.69, 9.17) is 14.2 Å². The van der Waals surface area contributed by atoms with Crippen molar-refractivity contribution in [1.82, 2.24) is 5.32 Å². The molecule has 1 atom stereocenters. The van der Waals surface area contributed by atoms with Crippen LogP contribution in [0, 0.1) is 0 Å². The van der Waals surface area contributed by atoms with Gasteiger partial charge in [0.1, 0.15) is 5.75 Å². The summed E-state index contributed by atoms with van der Waals surface area (Å²) < 4.78 is 16.1. The van der Waals surface area contributed by atoms with Crippen molar-refractivity contribution in [1.29, 1.82) is 0 Å². The van der Waals surface area contributed by atoms with Gasteiger partial charge in [-0.3, -0.25) is 0 Å². The minimum atomic E-state index is 0.303. The van der Waals surface area contributed by atoms with Crippen molar-refractivity contribution in [3.63, 3.8) is 0 Å². The Morgan fingerprint density at radius 3 is 2.67 bits per heavy atom. The first kappa shape index (κ1) is 18.0. The maximum atomic E-state index is 5.48. The van der Waals surface area contributed by atoms with Gasteiger partial charge in [0.25, 0.3) is 0 Å². The molecule has 120 valence electrons. The highest BCUT2D eigenvalue weighted by Crippen LogP contribution is 2.23. The number of hydrogen-bond acceptors (Lipinski definition) is 4. The quantitative estimate of drug-likeness (QED) is 0.636. The molecule has 0 fully saturated rings. The Hall–Kier alpha value is -1.10. The second kappa shape index (κ2) is 10.6. The lowest BCUT2D eigenvalue weighted by atomic mass is 10.0. The maximum absolute atomic E-state index is 5.48. The Balaban J connectivity index is 2.46. The molecule has 0 radical (unpaired) electrons. The third-order valence-corrected chi connectivity index (χ3v) is 3.37. The Kier molecular flexibility index (Phi) is 9.06. The fraction of sp³-hybridized carbons (Fsp3) is 0.647. The number of ether oxygens (including phenoxy) is 3. The van der Waals surface area contributed by atoms with Gasteiger partial charge in [0.05, 0.1) is 13.7 Å². The summed E-state index contributed by atoms with van der Waals surface area (Å²) in [4.78, 5) is 0. The maximum Gasteiger partial charge on any atom is 0.124 e. The molecular formula is C17H29NO3. The SMILES string of the molecule is CCCOCCCNC(C)c1ccc(OC)c(COC)c1. The van der Waals surface area contributed by atoms with Crippen LogP contribution >= 0.6 is 0 Å². The average Bonchev–Trinajstić information content (AvgIpc) is 2.50. The molecule has 0 amide bonds. The van der Waals surface area contributed by atoms with Gasteiger partial charge < -0.3 is 19.5 Å². The fourth-order valence-corrected chi connectivity index (χ4v) is 2.19. The second-order valence-corrected chi connectivity index (χ2v) is 5.15. The van der Waals surface area contributed by atoms with Crippen LogP contribution in [0.4, 0.5) is 0 Å². The monoisotopic (exact) mass is 295 g/mol. The molecule has 0 saturated carbocycles. The predicted octanol–water partition coefficient (Wildman–Crippen LogP) is 3.31. The molecule has 0 spiro atoms. The van der Waals surface area contributed by atoms with Gasteiger partial charge in [0, 0.05) is 31.9 Å². The molecule has 0 aliphatic rings. The zero-order chi connectivity index (χ0) is 15.5. The molecule has 0 saturated heterocycles. The minimum Gasteiger partial charge on any atom is -0.496 e. The van der Waals surface area contributed by atoms with Crippen LogP contribution in [0.3, 0.4) is 0 Å². The Bertz CT molecular complexity index is 396. The lowest BCUT2D eigenvalue weighted by Gasteiger charge is -2.17. The summed E-state index contributed by atoms with van der Waals surface area (Å²) in [6.45, 7) is 7.50. The smallest absolute Gasteiger partial charge is 0.124 e. The van der Waals surface area contributed by atoms with Crippen LogP contribution in [0.5, 0.6) is 5.75 Å². The summed E-state index contributed by atoms with van der Waals surface area (Å²) in [5.41, 5.74) is 2.33. The lowest BCUT2D eigenvalue weighted by Crippen LogP contribution is -2.21. The molecule has 4 heteroatoms. The lowest BCUT2D eigenvalue weighted by molar-refractivity contribution is 0.132. The molecule has 1 aromatic rings. The Morgan fingerprint density at radius 1 is 1.19 bits per heavy atom. The average molecular weight is 295 g/mol. The van der Waals surface area contributed by atoms with E-state index in [-0.39, 0.29) is 0 Å². The minimum absolute atomic E-state index is 0.303. The first-order valence-electron chi connectivity index (χ1n) is 7.69. The summed E-state index contributed by atoms with van der Waals surface area (Å²) in [5.74, 6) is 0.876. The molecule has 4 nitrogen and oxygen atoms in total. The largest absolute Gasteiger partial charge is 0.496 e. The first-order chi connectivity index (χ1) is 10.2. The highest BCUT2D eigenvalue weighted by atomic mass is 16.5. The summed E-state index contributed by atoms with van der Waals surface area (Å²) >= 11 is 0. The molecule has 0 aliphatic heterocycles. The summed E-state index contributed by atoms with van der Waals surface area (Å²) in [6.07, 6.45) is 2.11. The summed E-state index contributed by atoms with van der Waals surface area (Å²) in [5, 5.41) is 3.52. The number of hydrogen-bond donors (Lipinski definition) is 1. The zero-order valence-electron chi connectivity index (χ0n) is 13.8. The molecule has 1 N–H and O–H groups in total. The standard InChI is InChI=1S/C17H29NO3/c1-5-10-21-11-6-9-18-14(2)15-7-8-17(20-4)16(12-15)13-19-3/h7-8,12,14,18H,5-6,9-11,13H2,1-4H3. The molecule has 0 bridgehead atoms. The Morgan fingerprint density at radius 2 is 2.00 bits per heavy atom. The van der Waals surface area contributed by atoms with Crippen molar-refractivity contribution in [2.45, 2.75) is 39.3 Å². The highest BCUT2D eigenvalue weighted by Gasteiger charge is 2.09. The van der Waals surface area contributed by atoms with Crippen molar-refractivity contribution < 1.29 is 14.2 Å². The van der Waals surface area contributed by atoms with Gasteiger partial charge in [-0.15, -0.1) is 0 Å². The van der Waals surface area contributed by atoms with Gasteiger partial charge in [-0.1, -0.05) is 13.0 Å². The van der Waals surface area contributed by atoms with Crippen molar-refractivity contribution in [3.8, 4) is 5.75 Å². The van der Waals surface area contributed by atoms with E-state index < -0.39 is 0 Å². The number of nitrogens with one attached hydrogen (secondary N) is 1. The molecule has 1 unspecified atom stereocenters. The van der Waals surface area contributed by atoms with E-state index in [9.17, 15) is 0 Å². The van der Waals surface area contributed by atoms with E-state index >= 15 is 0 Å². The Labute approximate surface area is 128 Å². The van der Waals surface area contributed by atoms with Gasteiger partial charge in [-0.25, -0.2) is 0 Å². The number of benzene rings is 1. The normalized spacial score (nSPS) is 12.4. The van der Waals surface area contributed by atoms with Gasteiger partial charge in [-0.05, 0) is 44.0 Å². The number of rotatable bonds is 11. The van der Waals surface area contributed by atoms with Crippen LogP contribution in [-0.2, 0) is 16.1 Å². The van der Waals surface area contributed by atoms with Gasteiger partial charge in [0.2, 0.25) is 0 Å². The van der Waals surface area contributed by atoms with Gasteiger partial charge in [0.15, 0.2) is 0 Å². The zero-order valence-corrected chi connectivity index (χ0v) is 13.8.